The Balaban J connectivity index is 1.47. The van der Waals surface area contributed by atoms with Gasteiger partial charge in [0.05, 0.1) is 0 Å². The van der Waals surface area contributed by atoms with Crippen molar-refractivity contribution >= 4 is 22.7 Å². The highest BCUT2D eigenvalue weighted by molar-refractivity contribution is 6.01. The highest BCUT2D eigenvalue weighted by Gasteiger charge is 2.19. The first-order valence-electron chi connectivity index (χ1n) is 15.8. The SMILES string of the molecule is CCCc1ccccc1Nc1ccc(-c2ccc(Nc3ccccc3CCC)c(-c3ccccc3)c2-c2ccccc2)cc1. The van der Waals surface area contributed by atoms with E-state index in [1.807, 2.05) is 0 Å². The molecule has 6 rings (SSSR count). The van der Waals surface area contributed by atoms with E-state index in [4.69, 9.17) is 0 Å². The van der Waals surface area contributed by atoms with E-state index in [9.17, 15) is 0 Å². The van der Waals surface area contributed by atoms with Crippen molar-refractivity contribution in [1.29, 1.82) is 0 Å². The Bertz CT molecular complexity index is 1810. The third-order valence-corrected chi connectivity index (χ3v) is 8.15. The maximum absolute atomic E-state index is 3.86. The third kappa shape index (κ3) is 6.45. The largest absolute Gasteiger partial charge is 0.355 e. The number of para-hydroxylation sites is 2. The van der Waals surface area contributed by atoms with Crippen LogP contribution in [-0.4, -0.2) is 0 Å². The minimum atomic E-state index is 1.04. The number of nitrogens with one attached hydrogen (secondary N) is 2. The average Bonchev–Trinajstić information content (AvgIpc) is 3.08. The van der Waals surface area contributed by atoms with Gasteiger partial charge in [0.25, 0.3) is 0 Å². The zero-order valence-electron chi connectivity index (χ0n) is 25.7. The Morgan fingerprint density at radius 3 is 1.45 bits per heavy atom. The van der Waals surface area contributed by atoms with Gasteiger partial charge in [0.2, 0.25) is 0 Å². The lowest BCUT2D eigenvalue weighted by Gasteiger charge is -2.22. The summed E-state index contributed by atoms with van der Waals surface area (Å²) in [6, 6.07) is 52.3. The van der Waals surface area contributed by atoms with E-state index < -0.39 is 0 Å². The van der Waals surface area contributed by atoms with Crippen LogP contribution in [0.25, 0.3) is 33.4 Å². The summed E-state index contributed by atoms with van der Waals surface area (Å²) < 4.78 is 0. The molecular formula is C42H40N2. The minimum absolute atomic E-state index is 1.04. The molecule has 6 aromatic carbocycles. The van der Waals surface area contributed by atoms with Crippen LogP contribution in [-0.2, 0) is 12.8 Å². The Kier molecular flexibility index (Phi) is 9.18. The number of hydrogen-bond acceptors (Lipinski definition) is 2. The molecule has 0 bridgehead atoms. The molecule has 0 saturated heterocycles. The van der Waals surface area contributed by atoms with Crippen molar-refractivity contribution in [3.63, 3.8) is 0 Å². The van der Waals surface area contributed by atoms with E-state index in [2.05, 4.69) is 170 Å². The molecule has 0 aromatic heterocycles. The number of rotatable bonds is 11. The molecular weight excluding hydrogens is 532 g/mol. The zero-order chi connectivity index (χ0) is 30.1. The molecule has 0 saturated carbocycles. The summed E-state index contributed by atoms with van der Waals surface area (Å²) in [5.74, 6) is 0. The van der Waals surface area contributed by atoms with E-state index in [1.165, 1.54) is 50.2 Å². The number of aryl methyl sites for hydroxylation is 2. The van der Waals surface area contributed by atoms with Gasteiger partial charge in [0, 0.05) is 28.3 Å². The van der Waals surface area contributed by atoms with Crippen LogP contribution in [0.2, 0.25) is 0 Å². The summed E-state index contributed by atoms with van der Waals surface area (Å²) in [5.41, 5.74) is 14.4. The Morgan fingerprint density at radius 1 is 0.386 bits per heavy atom. The Labute approximate surface area is 262 Å². The van der Waals surface area contributed by atoms with Gasteiger partial charge in [-0.2, -0.15) is 0 Å². The van der Waals surface area contributed by atoms with E-state index in [1.54, 1.807) is 0 Å². The van der Waals surface area contributed by atoms with Crippen LogP contribution in [0.3, 0.4) is 0 Å². The Morgan fingerprint density at radius 2 is 0.886 bits per heavy atom. The average molecular weight is 573 g/mol. The van der Waals surface area contributed by atoms with Crippen LogP contribution < -0.4 is 10.6 Å². The highest BCUT2D eigenvalue weighted by Crippen LogP contribution is 2.45. The van der Waals surface area contributed by atoms with Gasteiger partial charge in [-0.25, -0.2) is 0 Å². The summed E-state index contributed by atoms with van der Waals surface area (Å²) >= 11 is 0. The standard InChI is InChI=1S/C42H40N2/c1-3-15-32-17-11-13-23-38(32)43-36-27-25-31(26-28-36)37-29-30-40(44-39-24-14-12-18-33(39)16-4-2)42(35-21-9-6-10-22-35)41(37)34-19-7-5-8-20-34/h5-14,17-30,43-44H,3-4,15-16H2,1-2H3. The van der Waals surface area contributed by atoms with Crippen LogP contribution in [0.15, 0.2) is 146 Å². The third-order valence-electron chi connectivity index (χ3n) is 8.15. The van der Waals surface area contributed by atoms with Gasteiger partial charge < -0.3 is 10.6 Å². The van der Waals surface area contributed by atoms with E-state index in [-0.39, 0.29) is 0 Å². The summed E-state index contributed by atoms with van der Waals surface area (Å²) in [7, 11) is 0. The monoisotopic (exact) mass is 572 g/mol. The molecule has 0 heterocycles. The summed E-state index contributed by atoms with van der Waals surface area (Å²) in [6.45, 7) is 4.46. The number of hydrogen-bond donors (Lipinski definition) is 2. The molecule has 218 valence electrons. The van der Waals surface area contributed by atoms with Gasteiger partial charge in [-0.05, 0) is 82.1 Å². The molecule has 2 nitrogen and oxygen atoms in total. The second-order valence-electron chi connectivity index (χ2n) is 11.3. The fourth-order valence-electron chi connectivity index (χ4n) is 6.05. The minimum Gasteiger partial charge on any atom is -0.355 e. The second-order valence-corrected chi connectivity index (χ2v) is 11.3. The summed E-state index contributed by atoms with van der Waals surface area (Å²) in [4.78, 5) is 0. The highest BCUT2D eigenvalue weighted by atomic mass is 14.9. The molecule has 0 aliphatic rings. The molecule has 0 aliphatic heterocycles. The lowest BCUT2D eigenvalue weighted by molar-refractivity contribution is 0.923. The van der Waals surface area contributed by atoms with Crippen LogP contribution in [0.4, 0.5) is 22.7 Å². The first kappa shape index (κ1) is 29.0. The van der Waals surface area contributed by atoms with Crippen LogP contribution in [0.1, 0.15) is 37.8 Å². The van der Waals surface area contributed by atoms with Crippen molar-refractivity contribution in [3.05, 3.63) is 157 Å². The van der Waals surface area contributed by atoms with Gasteiger partial charge in [-0.1, -0.05) is 142 Å². The van der Waals surface area contributed by atoms with E-state index in [0.29, 0.717) is 0 Å². The van der Waals surface area contributed by atoms with Crippen molar-refractivity contribution in [3.8, 4) is 33.4 Å². The lowest BCUT2D eigenvalue weighted by atomic mass is 9.86. The zero-order valence-corrected chi connectivity index (χ0v) is 25.7. The molecule has 0 radical (unpaired) electrons. The molecule has 0 spiro atoms. The summed E-state index contributed by atoms with van der Waals surface area (Å²) in [6.07, 6.45) is 4.33. The topological polar surface area (TPSA) is 24.1 Å². The van der Waals surface area contributed by atoms with Crippen molar-refractivity contribution in [2.45, 2.75) is 39.5 Å². The van der Waals surface area contributed by atoms with Crippen molar-refractivity contribution in [1.82, 2.24) is 0 Å². The maximum Gasteiger partial charge on any atom is 0.0470 e. The molecule has 0 aliphatic carbocycles. The quantitative estimate of drug-likeness (QED) is 0.161. The summed E-state index contributed by atoms with van der Waals surface area (Å²) in [5, 5.41) is 7.52. The Hall–Kier alpha value is -5.08. The number of benzene rings is 6. The predicted molar refractivity (Wildman–Crippen MR) is 190 cm³/mol. The van der Waals surface area contributed by atoms with Crippen LogP contribution in [0.5, 0.6) is 0 Å². The van der Waals surface area contributed by atoms with Gasteiger partial charge in [0.1, 0.15) is 0 Å². The molecule has 44 heavy (non-hydrogen) atoms. The molecule has 0 unspecified atom stereocenters. The smallest absolute Gasteiger partial charge is 0.0470 e. The molecule has 2 heteroatoms. The maximum atomic E-state index is 3.86. The molecule has 0 atom stereocenters. The predicted octanol–water partition coefficient (Wildman–Crippen LogP) is 12.1. The lowest BCUT2D eigenvalue weighted by Crippen LogP contribution is -2.00. The second kappa shape index (κ2) is 13.9. The normalized spacial score (nSPS) is 10.9. The van der Waals surface area contributed by atoms with Gasteiger partial charge in [-0.3, -0.25) is 0 Å². The fraction of sp³-hybridized carbons (Fsp3) is 0.143. The molecule has 2 N–H and O–H groups in total. The fourth-order valence-corrected chi connectivity index (χ4v) is 6.05. The molecule has 6 aromatic rings. The molecule has 0 amide bonds. The first-order valence-corrected chi connectivity index (χ1v) is 15.8. The van der Waals surface area contributed by atoms with Crippen molar-refractivity contribution in [2.75, 3.05) is 10.6 Å². The number of anilines is 4. The van der Waals surface area contributed by atoms with E-state index in [0.717, 1.165) is 42.7 Å². The molecule has 0 fully saturated rings. The van der Waals surface area contributed by atoms with Crippen LogP contribution in [0, 0.1) is 0 Å². The van der Waals surface area contributed by atoms with Gasteiger partial charge >= 0.3 is 0 Å². The van der Waals surface area contributed by atoms with Gasteiger partial charge in [-0.15, -0.1) is 0 Å². The first-order chi connectivity index (χ1) is 21.7. The van der Waals surface area contributed by atoms with Crippen molar-refractivity contribution in [2.24, 2.45) is 0 Å². The van der Waals surface area contributed by atoms with Crippen molar-refractivity contribution < 1.29 is 0 Å². The van der Waals surface area contributed by atoms with Gasteiger partial charge in [0.15, 0.2) is 0 Å². The van der Waals surface area contributed by atoms with Crippen LogP contribution >= 0.6 is 0 Å². The van der Waals surface area contributed by atoms with E-state index >= 15 is 0 Å².